The van der Waals surface area contributed by atoms with Crippen LogP contribution in [0.2, 0.25) is 0 Å². The van der Waals surface area contributed by atoms with E-state index in [1.54, 1.807) is 0 Å². The van der Waals surface area contributed by atoms with Crippen molar-refractivity contribution in [1.29, 1.82) is 0 Å². The first kappa shape index (κ1) is 27.4. The summed E-state index contributed by atoms with van der Waals surface area (Å²) in [5.74, 6) is -1.38. The van der Waals surface area contributed by atoms with Gasteiger partial charge in [0.2, 0.25) is 0 Å². The van der Waals surface area contributed by atoms with Crippen molar-refractivity contribution in [3.8, 4) is 0 Å². The minimum Gasteiger partial charge on any atom is -0.748 e. The maximum Gasteiger partial charge on any atom is 1.00 e. The molecule has 0 saturated carbocycles. The average Bonchev–Trinajstić information content (AvgIpc) is 1.81. The van der Waals surface area contributed by atoms with E-state index >= 15 is 0 Å². The Hall–Kier alpha value is 3.01. The first-order valence-corrected chi connectivity index (χ1v) is 6.36. The van der Waals surface area contributed by atoms with E-state index in [0.29, 0.717) is 0 Å². The van der Waals surface area contributed by atoms with Gasteiger partial charge in [-0.05, 0) is 0 Å². The molecule has 0 aromatic carbocycles. The minimum atomic E-state index is -4.17. The number of rotatable bonds is 4. The van der Waals surface area contributed by atoms with Crippen molar-refractivity contribution >= 4 is 20.2 Å². The SMILES string of the molecule is O=S(=O)([O-])CCO.O=S(=O)([O-])CCO.[K+].[K+]. The number of hydrogen-bond donors (Lipinski definition) is 2. The van der Waals surface area contributed by atoms with Crippen LogP contribution in [0, 0.1) is 0 Å². The van der Waals surface area contributed by atoms with Gasteiger partial charge in [-0.2, -0.15) is 0 Å². The van der Waals surface area contributed by atoms with Crippen molar-refractivity contribution in [2.75, 3.05) is 24.7 Å². The maximum atomic E-state index is 9.52. The third-order valence-corrected chi connectivity index (χ3v) is 2.05. The van der Waals surface area contributed by atoms with Crippen LogP contribution in [0.4, 0.5) is 0 Å². The van der Waals surface area contributed by atoms with Crippen LogP contribution in [0.15, 0.2) is 0 Å². The standard InChI is InChI=1S/2C2H6O4S.2K/c2*3-1-2-7(4,5)6;;/h2*3H,1-2H2,(H,4,5,6);;/q;;2*+1/p-2. The van der Waals surface area contributed by atoms with Gasteiger partial charge in [-0.3, -0.25) is 0 Å². The van der Waals surface area contributed by atoms with Crippen molar-refractivity contribution in [3.05, 3.63) is 0 Å². The van der Waals surface area contributed by atoms with Gasteiger partial charge in [-0.1, -0.05) is 0 Å². The fraction of sp³-hybridized carbons (Fsp3) is 1.00. The predicted molar refractivity (Wildman–Crippen MR) is 43.3 cm³/mol. The summed E-state index contributed by atoms with van der Waals surface area (Å²) in [5, 5.41) is 15.6. The number of aliphatic hydroxyl groups excluding tert-OH is 2. The fourth-order valence-corrected chi connectivity index (χ4v) is 0.671. The monoisotopic (exact) mass is 328 g/mol. The molecule has 2 N–H and O–H groups in total. The van der Waals surface area contributed by atoms with Gasteiger partial charge in [0.25, 0.3) is 0 Å². The Kier molecular flexibility index (Phi) is 24.7. The molecule has 0 aromatic rings. The van der Waals surface area contributed by atoms with Crippen molar-refractivity contribution < 1.29 is 139 Å². The third kappa shape index (κ3) is 36.0. The van der Waals surface area contributed by atoms with E-state index < -0.39 is 45.0 Å². The van der Waals surface area contributed by atoms with E-state index in [1.807, 2.05) is 0 Å². The number of aliphatic hydroxyl groups is 2. The molecular weight excluding hydrogens is 318 g/mol. The molecule has 0 aliphatic rings. The summed E-state index contributed by atoms with van der Waals surface area (Å²) in [6, 6.07) is 0. The predicted octanol–water partition coefficient (Wildman–Crippen LogP) is -8.94. The van der Waals surface area contributed by atoms with Gasteiger partial charge in [-0.25, -0.2) is 16.8 Å². The Bertz CT molecular complexity index is 288. The Balaban J connectivity index is -0.0000000800. The van der Waals surface area contributed by atoms with Crippen molar-refractivity contribution in [2.24, 2.45) is 0 Å². The summed E-state index contributed by atoms with van der Waals surface area (Å²) in [6.45, 7) is -1.18. The van der Waals surface area contributed by atoms with E-state index in [2.05, 4.69) is 0 Å². The molecule has 0 atom stereocenters. The molecule has 0 rings (SSSR count). The summed E-state index contributed by atoms with van der Waals surface area (Å²) in [5.41, 5.74) is 0. The molecular formula is C4H10K2O8S2. The smallest absolute Gasteiger partial charge is 0.748 e. The van der Waals surface area contributed by atoms with Gasteiger partial charge in [0.15, 0.2) is 0 Å². The van der Waals surface area contributed by atoms with Gasteiger partial charge in [0, 0.05) is 0 Å². The molecule has 0 aliphatic heterocycles. The van der Waals surface area contributed by atoms with Crippen molar-refractivity contribution in [2.45, 2.75) is 0 Å². The minimum absolute atomic E-state index is 0. The second-order valence-corrected chi connectivity index (χ2v) is 5.02. The van der Waals surface area contributed by atoms with Gasteiger partial charge < -0.3 is 19.3 Å². The average molecular weight is 328 g/mol. The number of hydrogen-bond acceptors (Lipinski definition) is 8. The molecule has 0 aliphatic carbocycles. The van der Waals surface area contributed by atoms with Crippen molar-refractivity contribution in [3.63, 3.8) is 0 Å². The van der Waals surface area contributed by atoms with E-state index in [4.69, 9.17) is 10.2 Å². The molecule has 16 heavy (non-hydrogen) atoms. The molecule has 0 saturated heterocycles. The largest absolute Gasteiger partial charge is 1.00 e. The quantitative estimate of drug-likeness (QED) is 0.381. The van der Waals surface area contributed by atoms with Crippen LogP contribution in [-0.4, -0.2) is 60.9 Å². The second-order valence-electron chi connectivity index (χ2n) is 1.97. The summed E-state index contributed by atoms with van der Waals surface area (Å²) in [7, 11) is -8.35. The molecule has 0 spiro atoms. The summed E-state index contributed by atoms with van der Waals surface area (Å²) >= 11 is 0. The Morgan fingerprint density at radius 1 is 0.750 bits per heavy atom. The van der Waals surface area contributed by atoms with E-state index in [0.717, 1.165) is 0 Å². The summed E-state index contributed by atoms with van der Waals surface area (Å²) in [6.07, 6.45) is 0. The van der Waals surface area contributed by atoms with Crippen LogP contribution in [0.1, 0.15) is 0 Å². The van der Waals surface area contributed by atoms with Gasteiger partial charge in [0.1, 0.15) is 0 Å². The summed E-state index contributed by atoms with van der Waals surface area (Å²) < 4.78 is 57.1. The van der Waals surface area contributed by atoms with Crippen LogP contribution in [0.5, 0.6) is 0 Å². The van der Waals surface area contributed by atoms with Crippen molar-refractivity contribution in [1.82, 2.24) is 0 Å². The molecule has 0 unspecified atom stereocenters. The molecule has 0 heterocycles. The zero-order valence-corrected chi connectivity index (χ0v) is 16.9. The Morgan fingerprint density at radius 2 is 0.938 bits per heavy atom. The molecule has 8 nitrogen and oxygen atoms in total. The van der Waals surface area contributed by atoms with Crippen LogP contribution in [0.3, 0.4) is 0 Å². The van der Waals surface area contributed by atoms with Gasteiger partial charge >= 0.3 is 103 Å². The zero-order valence-electron chi connectivity index (χ0n) is 8.99. The first-order valence-electron chi connectivity index (χ1n) is 3.21. The second kappa shape index (κ2) is 14.4. The Labute approximate surface area is 180 Å². The molecule has 88 valence electrons. The van der Waals surface area contributed by atoms with Crippen LogP contribution < -0.4 is 103 Å². The first-order chi connectivity index (χ1) is 6.12. The Morgan fingerprint density at radius 3 is 0.938 bits per heavy atom. The molecule has 12 heteroatoms. The van der Waals surface area contributed by atoms with Crippen LogP contribution in [0.25, 0.3) is 0 Å². The van der Waals surface area contributed by atoms with E-state index in [1.165, 1.54) is 0 Å². The van der Waals surface area contributed by atoms with E-state index in [-0.39, 0.29) is 103 Å². The molecule has 0 aromatic heterocycles. The molecule has 0 fully saturated rings. The fourth-order valence-electron chi connectivity index (χ4n) is 0.224. The maximum absolute atomic E-state index is 9.52. The van der Waals surface area contributed by atoms with Crippen LogP contribution >= 0.6 is 0 Å². The summed E-state index contributed by atoms with van der Waals surface area (Å²) in [4.78, 5) is 0. The van der Waals surface area contributed by atoms with Crippen LogP contribution in [-0.2, 0) is 20.2 Å². The third-order valence-electron chi connectivity index (χ3n) is 0.683. The zero-order chi connectivity index (χ0) is 11.8. The normalized spacial score (nSPS) is 10.2. The van der Waals surface area contributed by atoms with E-state index in [9.17, 15) is 25.9 Å². The van der Waals surface area contributed by atoms with Gasteiger partial charge in [-0.15, -0.1) is 0 Å². The topological polar surface area (TPSA) is 155 Å². The van der Waals surface area contributed by atoms with Gasteiger partial charge in [0.05, 0.1) is 45.0 Å². The molecule has 0 amide bonds. The molecule has 0 radical (unpaired) electrons. The molecule has 0 bridgehead atoms.